The van der Waals surface area contributed by atoms with Crippen LogP contribution in [0.25, 0.3) is 6.08 Å². The average Bonchev–Trinajstić information content (AvgIpc) is 2.71. The van der Waals surface area contributed by atoms with Crippen LogP contribution in [0.3, 0.4) is 0 Å². The molecule has 6 heteroatoms. The Hall–Kier alpha value is -3.07. The molecule has 3 aromatic rings. The molecule has 0 heterocycles. The Bertz CT molecular complexity index is 1150. The van der Waals surface area contributed by atoms with Gasteiger partial charge in [-0.05, 0) is 82.0 Å². The van der Waals surface area contributed by atoms with Crippen molar-refractivity contribution in [2.75, 3.05) is 5.32 Å². The molecular formula is C24H18BrClN2O2. The quantitative estimate of drug-likeness (QED) is 0.321. The molecule has 0 unspecified atom stereocenters. The summed E-state index contributed by atoms with van der Waals surface area (Å²) in [7, 11) is 0. The minimum absolute atomic E-state index is 0.0102. The third kappa shape index (κ3) is 5.96. The lowest BCUT2D eigenvalue weighted by Crippen LogP contribution is -2.13. The van der Waals surface area contributed by atoms with Gasteiger partial charge in [-0.3, -0.25) is 4.79 Å². The molecule has 3 aromatic carbocycles. The van der Waals surface area contributed by atoms with E-state index in [0.717, 1.165) is 15.6 Å². The Kier molecular flexibility index (Phi) is 7.29. The van der Waals surface area contributed by atoms with E-state index in [1.807, 2.05) is 55.5 Å². The molecular weight excluding hydrogens is 464 g/mol. The van der Waals surface area contributed by atoms with Crippen molar-refractivity contribution in [2.24, 2.45) is 0 Å². The number of rotatable bonds is 6. The van der Waals surface area contributed by atoms with E-state index in [2.05, 4.69) is 21.2 Å². The van der Waals surface area contributed by atoms with E-state index in [-0.39, 0.29) is 5.57 Å². The number of halogens is 2. The fourth-order valence-corrected chi connectivity index (χ4v) is 3.47. The maximum Gasteiger partial charge on any atom is 0.266 e. The summed E-state index contributed by atoms with van der Waals surface area (Å²) >= 11 is 9.48. The SMILES string of the molecule is Cc1cccc(NC(=O)/C(C#N)=C/c2ccc(OCc3cccc(Cl)c3)c(Br)c2)c1. The van der Waals surface area contributed by atoms with Crippen LogP contribution in [0.4, 0.5) is 5.69 Å². The molecule has 0 aliphatic carbocycles. The van der Waals surface area contributed by atoms with E-state index in [1.54, 1.807) is 24.3 Å². The van der Waals surface area contributed by atoms with E-state index >= 15 is 0 Å². The number of ether oxygens (including phenoxy) is 1. The fraction of sp³-hybridized carbons (Fsp3) is 0.0833. The Morgan fingerprint density at radius 2 is 1.97 bits per heavy atom. The minimum Gasteiger partial charge on any atom is -0.488 e. The van der Waals surface area contributed by atoms with Crippen LogP contribution in [-0.4, -0.2) is 5.91 Å². The molecule has 1 N–H and O–H groups in total. The number of hydrogen-bond acceptors (Lipinski definition) is 3. The monoisotopic (exact) mass is 480 g/mol. The number of carbonyl (C=O) groups excluding carboxylic acids is 1. The smallest absolute Gasteiger partial charge is 0.266 e. The summed E-state index contributed by atoms with van der Waals surface area (Å²) in [5.41, 5.74) is 3.33. The van der Waals surface area contributed by atoms with Crippen LogP contribution in [0.15, 0.2) is 76.8 Å². The highest BCUT2D eigenvalue weighted by Gasteiger charge is 2.11. The first-order valence-electron chi connectivity index (χ1n) is 9.11. The summed E-state index contributed by atoms with van der Waals surface area (Å²) in [6, 6.07) is 22.2. The van der Waals surface area contributed by atoms with Crippen LogP contribution < -0.4 is 10.1 Å². The highest BCUT2D eigenvalue weighted by Crippen LogP contribution is 2.28. The molecule has 4 nitrogen and oxygen atoms in total. The first kappa shape index (κ1) is 21.6. The first-order chi connectivity index (χ1) is 14.4. The predicted octanol–water partition coefficient (Wildman–Crippen LogP) is 6.54. The number of anilines is 1. The fourth-order valence-electron chi connectivity index (χ4n) is 2.75. The van der Waals surface area contributed by atoms with Crippen LogP contribution in [-0.2, 0) is 11.4 Å². The predicted molar refractivity (Wildman–Crippen MR) is 123 cm³/mol. The lowest BCUT2D eigenvalue weighted by molar-refractivity contribution is -0.112. The molecule has 0 atom stereocenters. The van der Waals surface area contributed by atoms with Gasteiger partial charge < -0.3 is 10.1 Å². The number of nitrogens with one attached hydrogen (secondary N) is 1. The van der Waals surface area contributed by atoms with Gasteiger partial charge in [0.15, 0.2) is 0 Å². The number of nitriles is 1. The molecule has 0 aromatic heterocycles. The Morgan fingerprint density at radius 1 is 1.17 bits per heavy atom. The van der Waals surface area contributed by atoms with Crippen molar-refractivity contribution in [1.82, 2.24) is 0 Å². The van der Waals surface area contributed by atoms with Gasteiger partial charge in [0.25, 0.3) is 5.91 Å². The average molecular weight is 482 g/mol. The molecule has 0 spiro atoms. The van der Waals surface area contributed by atoms with Crippen LogP contribution in [0.5, 0.6) is 5.75 Å². The molecule has 0 bridgehead atoms. The summed E-state index contributed by atoms with van der Waals surface area (Å²) in [5, 5.41) is 12.8. The van der Waals surface area contributed by atoms with Crippen molar-refractivity contribution in [3.05, 3.63) is 98.5 Å². The standard InChI is InChI=1S/C24H18BrClN2O2/c1-16-4-2-7-21(10-16)28-24(29)19(14-27)11-17-8-9-23(22(25)13-17)30-15-18-5-3-6-20(26)12-18/h2-13H,15H2,1H3,(H,28,29)/b19-11+. The van der Waals surface area contributed by atoms with Gasteiger partial charge in [0, 0.05) is 10.7 Å². The van der Waals surface area contributed by atoms with Gasteiger partial charge in [0.1, 0.15) is 24.0 Å². The van der Waals surface area contributed by atoms with Gasteiger partial charge in [-0.25, -0.2) is 0 Å². The number of carbonyl (C=O) groups is 1. The maximum absolute atomic E-state index is 12.4. The van der Waals surface area contributed by atoms with E-state index in [1.165, 1.54) is 6.08 Å². The van der Waals surface area contributed by atoms with Crippen LogP contribution in [0, 0.1) is 18.3 Å². The van der Waals surface area contributed by atoms with Gasteiger partial charge in [-0.2, -0.15) is 5.26 Å². The molecule has 0 fully saturated rings. The number of benzene rings is 3. The Balaban J connectivity index is 1.71. The summed E-state index contributed by atoms with van der Waals surface area (Å²) in [5.74, 6) is 0.190. The van der Waals surface area contributed by atoms with Gasteiger partial charge in [-0.15, -0.1) is 0 Å². The van der Waals surface area contributed by atoms with Crippen molar-refractivity contribution in [1.29, 1.82) is 5.26 Å². The minimum atomic E-state index is -0.458. The lowest BCUT2D eigenvalue weighted by Gasteiger charge is -2.09. The molecule has 30 heavy (non-hydrogen) atoms. The Labute approximate surface area is 188 Å². The van der Waals surface area contributed by atoms with Gasteiger partial charge in [-0.1, -0.05) is 41.9 Å². The van der Waals surface area contributed by atoms with Gasteiger partial charge in [0.2, 0.25) is 0 Å². The van der Waals surface area contributed by atoms with Crippen LogP contribution in [0.2, 0.25) is 5.02 Å². The lowest BCUT2D eigenvalue weighted by atomic mass is 10.1. The molecule has 1 amide bonds. The number of hydrogen-bond donors (Lipinski definition) is 1. The largest absolute Gasteiger partial charge is 0.488 e. The number of aryl methyl sites for hydroxylation is 1. The van der Waals surface area contributed by atoms with Crippen molar-refractivity contribution >= 4 is 45.2 Å². The highest BCUT2D eigenvalue weighted by atomic mass is 79.9. The Morgan fingerprint density at radius 3 is 2.67 bits per heavy atom. The van der Waals surface area contributed by atoms with Crippen molar-refractivity contribution in [2.45, 2.75) is 13.5 Å². The van der Waals surface area contributed by atoms with E-state index < -0.39 is 5.91 Å². The van der Waals surface area contributed by atoms with Crippen molar-refractivity contribution in [3.8, 4) is 11.8 Å². The third-order valence-electron chi connectivity index (χ3n) is 4.19. The summed E-state index contributed by atoms with van der Waals surface area (Å²) in [6.07, 6.45) is 1.54. The van der Waals surface area contributed by atoms with E-state index in [4.69, 9.17) is 16.3 Å². The molecule has 150 valence electrons. The zero-order valence-corrected chi connectivity index (χ0v) is 18.5. The van der Waals surface area contributed by atoms with E-state index in [9.17, 15) is 10.1 Å². The number of nitrogens with zero attached hydrogens (tertiary/aromatic N) is 1. The zero-order valence-electron chi connectivity index (χ0n) is 16.2. The van der Waals surface area contributed by atoms with Crippen LogP contribution >= 0.6 is 27.5 Å². The topological polar surface area (TPSA) is 62.1 Å². The normalized spacial score (nSPS) is 10.9. The van der Waals surface area contributed by atoms with Crippen LogP contribution in [0.1, 0.15) is 16.7 Å². The molecule has 3 rings (SSSR count). The van der Waals surface area contributed by atoms with Gasteiger partial charge in [0.05, 0.1) is 4.47 Å². The summed E-state index contributed by atoms with van der Waals surface area (Å²) < 4.78 is 6.55. The third-order valence-corrected chi connectivity index (χ3v) is 5.05. The zero-order chi connectivity index (χ0) is 21.5. The van der Waals surface area contributed by atoms with Crippen molar-refractivity contribution in [3.63, 3.8) is 0 Å². The second-order valence-corrected chi connectivity index (χ2v) is 7.89. The van der Waals surface area contributed by atoms with Gasteiger partial charge >= 0.3 is 0 Å². The molecule has 0 saturated heterocycles. The molecule has 0 saturated carbocycles. The molecule has 0 aliphatic heterocycles. The first-order valence-corrected chi connectivity index (χ1v) is 10.3. The maximum atomic E-state index is 12.4. The second kappa shape index (κ2) is 10.1. The highest BCUT2D eigenvalue weighted by molar-refractivity contribution is 9.10. The number of amides is 1. The summed E-state index contributed by atoms with van der Waals surface area (Å²) in [6.45, 7) is 2.31. The van der Waals surface area contributed by atoms with E-state index in [0.29, 0.717) is 28.6 Å². The summed E-state index contributed by atoms with van der Waals surface area (Å²) in [4.78, 5) is 12.4. The van der Waals surface area contributed by atoms with Crippen molar-refractivity contribution < 1.29 is 9.53 Å². The molecule has 0 radical (unpaired) electrons. The molecule has 0 aliphatic rings. The second-order valence-electron chi connectivity index (χ2n) is 6.60.